The van der Waals surface area contributed by atoms with Crippen LogP contribution in [0.5, 0.6) is 0 Å². The topological polar surface area (TPSA) is 37.2 Å². The van der Waals surface area contributed by atoms with Gasteiger partial charge in [0.2, 0.25) is 0 Å². The number of hydrogen-bond donors (Lipinski definition) is 0. The number of aryl methyl sites for hydroxylation is 1. The maximum atomic E-state index is 5.02. The zero-order valence-corrected chi connectivity index (χ0v) is 16.2. The van der Waals surface area contributed by atoms with Gasteiger partial charge in [0.15, 0.2) is 5.82 Å². The van der Waals surface area contributed by atoms with Crippen LogP contribution in [-0.2, 0) is 19.5 Å². The van der Waals surface area contributed by atoms with Crippen LogP contribution in [0, 0.1) is 11.8 Å². The molecule has 5 nitrogen and oxygen atoms in total. The number of fused-ring (bicyclic) bond motifs is 2. The van der Waals surface area contributed by atoms with Crippen LogP contribution in [0.4, 0.5) is 0 Å². The van der Waals surface area contributed by atoms with Crippen LogP contribution in [0.3, 0.4) is 0 Å². The summed E-state index contributed by atoms with van der Waals surface area (Å²) in [4.78, 5) is 10.1. The number of likely N-dealkylation sites (tertiary alicyclic amines) is 2. The molecular weight excluding hydrogens is 310 g/mol. The van der Waals surface area contributed by atoms with Gasteiger partial charge < -0.3 is 4.90 Å². The monoisotopic (exact) mass is 345 g/mol. The van der Waals surface area contributed by atoms with Crippen molar-refractivity contribution in [3.63, 3.8) is 0 Å². The van der Waals surface area contributed by atoms with E-state index in [1.54, 1.807) is 0 Å². The molecule has 2 aliphatic heterocycles. The Balaban J connectivity index is 1.42. The first-order valence-corrected chi connectivity index (χ1v) is 10.6. The molecule has 5 heteroatoms. The second kappa shape index (κ2) is 7.75. The Kier molecular flexibility index (Phi) is 5.41. The molecule has 140 valence electrons. The van der Waals surface area contributed by atoms with Crippen LogP contribution in [0.15, 0.2) is 0 Å². The zero-order valence-electron chi connectivity index (χ0n) is 16.2. The van der Waals surface area contributed by atoms with E-state index in [1.165, 1.54) is 70.4 Å². The standard InChI is InChI=1S/C20H35N5/c1-3-4-9-25-20(15-24-14-17-5-6-18(24)12-17)21-19(22-25)13-16-7-10-23(2)11-8-16/h16-18H,3-15H2,1-2H3/t17-,18+/m1/s1. The summed E-state index contributed by atoms with van der Waals surface area (Å²) < 4.78 is 2.24. The van der Waals surface area contributed by atoms with E-state index in [9.17, 15) is 0 Å². The minimum atomic E-state index is 0.772. The molecule has 0 N–H and O–H groups in total. The summed E-state index contributed by atoms with van der Waals surface area (Å²) in [6, 6.07) is 0.818. The van der Waals surface area contributed by atoms with E-state index in [2.05, 4.69) is 28.5 Å². The third-order valence-electron chi connectivity index (χ3n) is 6.69. The number of hydrogen-bond acceptors (Lipinski definition) is 4. The summed E-state index contributed by atoms with van der Waals surface area (Å²) in [7, 11) is 2.23. The van der Waals surface area contributed by atoms with E-state index >= 15 is 0 Å². The second-order valence-electron chi connectivity index (χ2n) is 8.73. The first-order chi connectivity index (χ1) is 12.2. The van der Waals surface area contributed by atoms with Crippen molar-refractivity contribution in [3.05, 3.63) is 11.6 Å². The van der Waals surface area contributed by atoms with Gasteiger partial charge in [-0.2, -0.15) is 5.10 Å². The quantitative estimate of drug-likeness (QED) is 0.761. The van der Waals surface area contributed by atoms with Gasteiger partial charge in [-0.3, -0.25) is 4.90 Å². The lowest BCUT2D eigenvalue weighted by molar-refractivity contribution is 0.196. The SMILES string of the molecule is CCCCn1nc(CC2CCN(C)CC2)nc1CN1C[C@@H]2CC[C@H]1C2. The lowest BCUT2D eigenvalue weighted by Crippen LogP contribution is -2.32. The summed E-state index contributed by atoms with van der Waals surface area (Å²) in [5, 5.41) is 4.93. The molecule has 1 saturated carbocycles. The van der Waals surface area contributed by atoms with Gasteiger partial charge in [0, 0.05) is 25.6 Å². The van der Waals surface area contributed by atoms with Crippen molar-refractivity contribution in [2.24, 2.45) is 11.8 Å². The Hall–Kier alpha value is -0.940. The number of piperidine rings is 2. The average molecular weight is 346 g/mol. The Bertz CT molecular complexity index is 560. The fourth-order valence-electron chi connectivity index (χ4n) is 5.04. The highest BCUT2D eigenvalue weighted by molar-refractivity contribution is 4.99. The molecule has 1 aliphatic carbocycles. The molecule has 0 unspecified atom stereocenters. The molecule has 0 spiro atoms. The Morgan fingerprint density at radius 3 is 2.64 bits per heavy atom. The second-order valence-corrected chi connectivity index (χ2v) is 8.73. The molecule has 25 heavy (non-hydrogen) atoms. The van der Waals surface area contributed by atoms with E-state index in [-0.39, 0.29) is 0 Å². The summed E-state index contributed by atoms with van der Waals surface area (Å²) in [6.07, 6.45) is 10.4. The molecule has 0 radical (unpaired) electrons. The van der Waals surface area contributed by atoms with Gasteiger partial charge in [-0.25, -0.2) is 9.67 Å². The van der Waals surface area contributed by atoms with Gasteiger partial charge in [0.1, 0.15) is 5.82 Å². The van der Waals surface area contributed by atoms with Gasteiger partial charge in [0.05, 0.1) is 6.54 Å². The fraction of sp³-hybridized carbons (Fsp3) is 0.900. The molecule has 3 heterocycles. The molecule has 2 saturated heterocycles. The number of aromatic nitrogens is 3. The first-order valence-electron chi connectivity index (χ1n) is 10.6. The predicted octanol–water partition coefficient (Wildman–Crippen LogP) is 2.95. The highest BCUT2D eigenvalue weighted by atomic mass is 15.4. The fourth-order valence-corrected chi connectivity index (χ4v) is 5.04. The Morgan fingerprint density at radius 1 is 1.12 bits per heavy atom. The molecule has 2 atom stereocenters. The summed E-state index contributed by atoms with van der Waals surface area (Å²) in [5.74, 6) is 4.05. The van der Waals surface area contributed by atoms with E-state index in [1.807, 2.05) is 0 Å². The highest BCUT2D eigenvalue weighted by Crippen LogP contribution is 2.38. The predicted molar refractivity (Wildman–Crippen MR) is 100 cm³/mol. The maximum absolute atomic E-state index is 5.02. The normalized spacial score (nSPS) is 28.2. The van der Waals surface area contributed by atoms with Crippen molar-refractivity contribution in [2.45, 2.75) is 77.4 Å². The molecule has 0 amide bonds. The van der Waals surface area contributed by atoms with Gasteiger partial charge >= 0.3 is 0 Å². The van der Waals surface area contributed by atoms with Gasteiger partial charge in [0.25, 0.3) is 0 Å². The largest absolute Gasteiger partial charge is 0.306 e. The van der Waals surface area contributed by atoms with Gasteiger partial charge in [-0.05, 0) is 70.5 Å². The van der Waals surface area contributed by atoms with Crippen LogP contribution < -0.4 is 0 Å². The van der Waals surface area contributed by atoms with Crippen LogP contribution >= 0.6 is 0 Å². The van der Waals surface area contributed by atoms with Crippen molar-refractivity contribution in [1.29, 1.82) is 0 Å². The van der Waals surface area contributed by atoms with Crippen molar-refractivity contribution in [1.82, 2.24) is 24.6 Å². The minimum absolute atomic E-state index is 0.772. The molecule has 1 aromatic rings. The first kappa shape index (κ1) is 17.5. The highest BCUT2D eigenvalue weighted by Gasteiger charge is 2.38. The number of unbranched alkanes of at least 4 members (excludes halogenated alkanes) is 1. The third kappa shape index (κ3) is 4.08. The number of nitrogens with zero attached hydrogens (tertiary/aromatic N) is 5. The molecule has 3 fully saturated rings. The summed E-state index contributed by atoms with van der Waals surface area (Å²) in [5.41, 5.74) is 0. The van der Waals surface area contributed by atoms with E-state index in [4.69, 9.17) is 10.1 Å². The molecule has 2 bridgehead atoms. The lowest BCUT2D eigenvalue weighted by atomic mass is 9.94. The third-order valence-corrected chi connectivity index (χ3v) is 6.69. The van der Waals surface area contributed by atoms with E-state index in [0.29, 0.717) is 0 Å². The maximum Gasteiger partial charge on any atom is 0.151 e. The zero-order chi connectivity index (χ0) is 17.2. The summed E-state index contributed by atoms with van der Waals surface area (Å²) >= 11 is 0. The van der Waals surface area contributed by atoms with Gasteiger partial charge in [-0.15, -0.1) is 0 Å². The van der Waals surface area contributed by atoms with E-state index < -0.39 is 0 Å². The Labute approximate surface area is 152 Å². The smallest absolute Gasteiger partial charge is 0.151 e. The van der Waals surface area contributed by atoms with Crippen LogP contribution in [-0.4, -0.2) is 57.3 Å². The van der Waals surface area contributed by atoms with Crippen molar-refractivity contribution >= 4 is 0 Å². The summed E-state index contributed by atoms with van der Waals surface area (Å²) in [6.45, 7) is 8.06. The van der Waals surface area contributed by atoms with Crippen molar-refractivity contribution in [2.75, 3.05) is 26.7 Å². The lowest BCUT2D eigenvalue weighted by Gasteiger charge is -2.28. The molecule has 1 aromatic heterocycles. The van der Waals surface area contributed by atoms with E-state index in [0.717, 1.165) is 43.2 Å². The molecular formula is C20H35N5. The van der Waals surface area contributed by atoms with Crippen molar-refractivity contribution < 1.29 is 0 Å². The van der Waals surface area contributed by atoms with Crippen LogP contribution in [0.2, 0.25) is 0 Å². The minimum Gasteiger partial charge on any atom is -0.306 e. The number of rotatable bonds is 7. The van der Waals surface area contributed by atoms with Gasteiger partial charge in [-0.1, -0.05) is 13.3 Å². The van der Waals surface area contributed by atoms with Crippen LogP contribution in [0.25, 0.3) is 0 Å². The van der Waals surface area contributed by atoms with Crippen molar-refractivity contribution in [3.8, 4) is 0 Å². The molecule has 3 aliphatic rings. The average Bonchev–Trinajstić information content (AvgIpc) is 3.31. The van der Waals surface area contributed by atoms with Crippen LogP contribution in [0.1, 0.15) is 63.5 Å². The Morgan fingerprint density at radius 2 is 1.96 bits per heavy atom. The molecule has 0 aromatic carbocycles. The molecule has 4 rings (SSSR count).